The second-order valence-corrected chi connectivity index (χ2v) is 4.48. The van der Waals surface area contributed by atoms with Gasteiger partial charge in [0, 0.05) is 6.54 Å². The van der Waals surface area contributed by atoms with Crippen molar-refractivity contribution >= 4 is 0 Å². The molecule has 0 amide bonds. The third-order valence-corrected chi connectivity index (χ3v) is 3.20. The van der Waals surface area contributed by atoms with Crippen molar-refractivity contribution in [3.8, 4) is 5.75 Å². The number of hydrogen-bond acceptors (Lipinski definition) is 3. The molecule has 0 spiro atoms. The lowest BCUT2D eigenvalue weighted by Crippen LogP contribution is -2.15. The van der Waals surface area contributed by atoms with E-state index in [-0.39, 0.29) is 5.92 Å². The Morgan fingerprint density at radius 3 is 2.71 bits per heavy atom. The standard InChI is InChI=1S/C13H24N2O2/c1-5-7-8-10(3)13(16)12-11(17-4)9-14-15(12)6-2/h9-10,13,16H,5-8H2,1-4H3. The first kappa shape index (κ1) is 14.0. The van der Waals surface area contributed by atoms with E-state index in [2.05, 4.69) is 18.9 Å². The second kappa shape index (κ2) is 6.64. The first-order chi connectivity index (χ1) is 8.15. The minimum atomic E-state index is -0.501. The van der Waals surface area contributed by atoms with Crippen LogP contribution in [0.15, 0.2) is 6.20 Å². The van der Waals surface area contributed by atoms with Gasteiger partial charge in [-0.2, -0.15) is 5.10 Å². The van der Waals surface area contributed by atoms with Gasteiger partial charge in [0.15, 0.2) is 5.75 Å². The van der Waals surface area contributed by atoms with Crippen LogP contribution in [0.1, 0.15) is 51.8 Å². The number of hydrogen-bond donors (Lipinski definition) is 1. The van der Waals surface area contributed by atoms with Crippen LogP contribution in [0, 0.1) is 5.92 Å². The predicted octanol–water partition coefficient (Wildman–Crippen LogP) is 2.77. The molecule has 0 saturated carbocycles. The quantitative estimate of drug-likeness (QED) is 0.797. The Hall–Kier alpha value is -1.03. The number of nitrogens with zero attached hydrogens (tertiary/aromatic N) is 2. The molecule has 1 aromatic heterocycles. The summed E-state index contributed by atoms with van der Waals surface area (Å²) in [4.78, 5) is 0. The molecule has 0 aliphatic heterocycles. The van der Waals surface area contributed by atoms with Crippen molar-refractivity contribution in [3.05, 3.63) is 11.9 Å². The van der Waals surface area contributed by atoms with Gasteiger partial charge in [-0.3, -0.25) is 4.68 Å². The number of aryl methyl sites for hydroxylation is 1. The highest BCUT2D eigenvalue weighted by Gasteiger charge is 2.24. The molecule has 0 aromatic carbocycles. The number of methoxy groups -OCH3 is 1. The molecule has 17 heavy (non-hydrogen) atoms. The first-order valence-electron chi connectivity index (χ1n) is 6.43. The molecule has 98 valence electrons. The largest absolute Gasteiger partial charge is 0.493 e. The SMILES string of the molecule is CCCCC(C)C(O)c1c(OC)cnn1CC. The average Bonchev–Trinajstić information content (AvgIpc) is 2.77. The maximum Gasteiger partial charge on any atom is 0.162 e. The molecule has 0 aliphatic carbocycles. The molecule has 0 fully saturated rings. The molecule has 2 atom stereocenters. The Balaban J connectivity index is 2.85. The molecule has 2 unspecified atom stereocenters. The van der Waals surface area contributed by atoms with E-state index in [1.807, 2.05) is 11.6 Å². The van der Waals surface area contributed by atoms with Gasteiger partial charge < -0.3 is 9.84 Å². The highest BCUT2D eigenvalue weighted by atomic mass is 16.5. The molecule has 1 rings (SSSR count). The van der Waals surface area contributed by atoms with Crippen molar-refractivity contribution in [3.63, 3.8) is 0 Å². The predicted molar refractivity (Wildman–Crippen MR) is 68.1 cm³/mol. The summed E-state index contributed by atoms with van der Waals surface area (Å²) in [6.45, 7) is 7.00. The van der Waals surface area contributed by atoms with E-state index in [4.69, 9.17) is 4.74 Å². The monoisotopic (exact) mass is 240 g/mol. The highest BCUT2D eigenvalue weighted by Crippen LogP contribution is 2.32. The maximum absolute atomic E-state index is 10.4. The van der Waals surface area contributed by atoms with Crippen molar-refractivity contribution < 1.29 is 9.84 Å². The van der Waals surface area contributed by atoms with Gasteiger partial charge in [0.1, 0.15) is 11.8 Å². The molecule has 0 saturated heterocycles. The third kappa shape index (κ3) is 3.22. The molecule has 1 N–H and O–H groups in total. The first-order valence-corrected chi connectivity index (χ1v) is 6.43. The zero-order valence-electron chi connectivity index (χ0n) is 11.3. The van der Waals surface area contributed by atoms with Crippen molar-refractivity contribution in [2.45, 2.75) is 52.7 Å². The Morgan fingerprint density at radius 1 is 1.47 bits per heavy atom. The number of aliphatic hydroxyl groups excluding tert-OH is 1. The Kier molecular flexibility index (Phi) is 5.48. The molecule has 1 aromatic rings. The second-order valence-electron chi connectivity index (χ2n) is 4.48. The van der Waals surface area contributed by atoms with Crippen LogP contribution >= 0.6 is 0 Å². The lowest BCUT2D eigenvalue weighted by molar-refractivity contribution is 0.0991. The minimum absolute atomic E-state index is 0.228. The summed E-state index contributed by atoms with van der Waals surface area (Å²) in [5.41, 5.74) is 0.804. The zero-order valence-corrected chi connectivity index (χ0v) is 11.3. The fourth-order valence-electron chi connectivity index (χ4n) is 2.04. The van der Waals surface area contributed by atoms with Gasteiger partial charge in [0.25, 0.3) is 0 Å². The van der Waals surface area contributed by atoms with Crippen LogP contribution in [-0.4, -0.2) is 22.0 Å². The van der Waals surface area contributed by atoms with Crippen molar-refractivity contribution in [1.29, 1.82) is 0 Å². The fourth-order valence-corrected chi connectivity index (χ4v) is 2.04. The number of ether oxygens (including phenoxy) is 1. The molecular weight excluding hydrogens is 216 g/mol. The van der Waals surface area contributed by atoms with Crippen LogP contribution in [0.3, 0.4) is 0 Å². The topological polar surface area (TPSA) is 47.3 Å². The number of aliphatic hydroxyl groups is 1. The molecular formula is C13H24N2O2. The van der Waals surface area contributed by atoms with Crippen molar-refractivity contribution in [1.82, 2.24) is 9.78 Å². The van der Waals surface area contributed by atoms with Crippen molar-refractivity contribution in [2.75, 3.05) is 7.11 Å². The van der Waals surface area contributed by atoms with E-state index in [0.717, 1.165) is 31.5 Å². The van der Waals surface area contributed by atoms with E-state index < -0.39 is 6.10 Å². The summed E-state index contributed by atoms with van der Waals surface area (Å²) in [6, 6.07) is 0. The van der Waals surface area contributed by atoms with Crippen LogP contribution in [0.25, 0.3) is 0 Å². The Bertz CT molecular complexity index is 315. The summed E-state index contributed by atoms with van der Waals surface area (Å²) in [5, 5.41) is 14.6. The number of aromatic nitrogens is 2. The van der Waals surface area contributed by atoms with Crippen LogP contribution in [0.5, 0.6) is 5.75 Å². The normalized spacial score (nSPS) is 14.6. The van der Waals surface area contributed by atoms with Gasteiger partial charge in [-0.15, -0.1) is 0 Å². The van der Waals surface area contributed by atoms with Crippen LogP contribution in [0.4, 0.5) is 0 Å². The molecule has 1 heterocycles. The maximum atomic E-state index is 10.4. The summed E-state index contributed by atoms with van der Waals surface area (Å²) in [7, 11) is 1.62. The van der Waals surface area contributed by atoms with E-state index in [1.165, 1.54) is 0 Å². The van der Waals surface area contributed by atoms with E-state index in [0.29, 0.717) is 5.75 Å². The number of unbranched alkanes of at least 4 members (excludes halogenated alkanes) is 1. The van der Waals surface area contributed by atoms with Gasteiger partial charge in [-0.25, -0.2) is 0 Å². The summed E-state index contributed by atoms with van der Waals surface area (Å²) in [5.74, 6) is 0.911. The lowest BCUT2D eigenvalue weighted by atomic mass is 9.95. The van der Waals surface area contributed by atoms with Crippen molar-refractivity contribution in [2.24, 2.45) is 5.92 Å². The van der Waals surface area contributed by atoms with E-state index in [9.17, 15) is 5.11 Å². The zero-order chi connectivity index (χ0) is 12.8. The van der Waals surface area contributed by atoms with Crippen LogP contribution in [0.2, 0.25) is 0 Å². The highest BCUT2D eigenvalue weighted by molar-refractivity contribution is 5.27. The van der Waals surface area contributed by atoms with Crippen LogP contribution < -0.4 is 4.74 Å². The molecule has 4 nitrogen and oxygen atoms in total. The van der Waals surface area contributed by atoms with Gasteiger partial charge >= 0.3 is 0 Å². The number of rotatable bonds is 7. The van der Waals surface area contributed by atoms with Gasteiger partial charge in [0.05, 0.1) is 13.3 Å². The van der Waals surface area contributed by atoms with Gasteiger partial charge in [-0.05, 0) is 19.3 Å². The minimum Gasteiger partial charge on any atom is -0.493 e. The Morgan fingerprint density at radius 2 is 2.18 bits per heavy atom. The van der Waals surface area contributed by atoms with Gasteiger partial charge in [-0.1, -0.05) is 26.7 Å². The van der Waals surface area contributed by atoms with E-state index >= 15 is 0 Å². The fraction of sp³-hybridized carbons (Fsp3) is 0.769. The summed E-state index contributed by atoms with van der Waals surface area (Å²) < 4.78 is 7.07. The van der Waals surface area contributed by atoms with E-state index in [1.54, 1.807) is 13.3 Å². The molecule has 0 bridgehead atoms. The lowest BCUT2D eigenvalue weighted by Gasteiger charge is -2.20. The molecule has 0 radical (unpaired) electrons. The average molecular weight is 240 g/mol. The Labute approximate surface area is 104 Å². The smallest absolute Gasteiger partial charge is 0.162 e. The molecule has 0 aliphatic rings. The summed E-state index contributed by atoms with van der Waals surface area (Å²) in [6.07, 6.45) is 4.49. The molecule has 4 heteroatoms. The van der Waals surface area contributed by atoms with Gasteiger partial charge in [0.2, 0.25) is 0 Å². The third-order valence-electron chi connectivity index (χ3n) is 3.20. The van der Waals surface area contributed by atoms with Crippen LogP contribution in [-0.2, 0) is 6.54 Å². The summed E-state index contributed by atoms with van der Waals surface area (Å²) >= 11 is 0.